The number of halogens is 2. The first kappa shape index (κ1) is 23.9. The molecule has 0 aliphatic carbocycles. The lowest BCUT2D eigenvalue weighted by atomic mass is 10.0. The number of carbonyl (C=O) groups excluding carboxylic acids is 2. The van der Waals surface area contributed by atoms with E-state index in [1.54, 1.807) is 0 Å². The van der Waals surface area contributed by atoms with E-state index in [2.05, 4.69) is 20.6 Å². The Hall–Kier alpha value is -4.26. The number of aromatic nitrogens is 2. The second-order valence-corrected chi connectivity index (χ2v) is 8.61. The van der Waals surface area contributed by atoms with Gasteiger partial charge in [-0.1, -0.05) is 23.9 Å². The van der Waals surface area contributed by atoms with Crippen LogP contribution in [0, 0.1) is 11.6 Å². The Morgan fingerprint density at radius 1 is 1.03 bits per heavy atom. The molecule has 1 aromatic heterocycles. The van der Waals surface area contributed by atoms with Gasteiger partial charge < -0.3 is 15.7 Å². The molecule has 0 unspecified atom stereocenters. The number of aromatic hydroxyl groups is 1. The molecule has 5 N–H and O–H groups in total. The fourth-order valence-electron chi connectivity index (χ4n) is 3.32. The normalized spacial score (nSPS) is 17.3. The zero-order valence-electron chi connectivity index (χ0n) is 17.7. The fourth-order valence-corrected chi connectivity index (χ4v) is 4.32. The minimum atomic E-state index is -1.22. The van der Waals surface area contributed by atoms with Crippen LogP contribution in [0.1, 0.15) is 23.6 Å². The summed E-state index contributed by atoms with van der Waals surface area (Å²) in [6.45, 7) is 0. The van der Waals surface area contributed by atoms with Crippen molar-refractivity contribution in [3.8, 4) is 5.88 Å². The smallest absolute Gasteiger partial charge is 0.328 e. The highest BCUT2D eigenvalue weighted by Crippen LogP contribution is 2.31. The first-order valence-electron chi connectivity index (χ1n) is 10.1. The van der Waals surface area contributed by atoms with Crippen LogP contribution in [0.4, 0.5) is 14.5 Å². The molecule has 2 aromatic carbocycles. The maximum Gasteiger partial charge on any atom is 0.328 e. The maximum atomic E-state index is 13.5. The van der Waals surface area contributed by atoms with E-state index in [1.807, 2.05) is 4.98 Å². The molecule has 2 heterocycles. The van der Waals surface area contributed by atoms with Crippen molar-refractivity contribution in [3.63, 3.8) is 0 Å². The van der Waals surface area contributed by atoms with Crippen molar-refractivity contribution < 1.29 is 23.5 Å². The van der Waals surface area contributed by atoms with Crippen molar-refractivity contribution in [1.82, 2.24) is 15.3 Å². The Bertz CT molecular complexity index is 1420. The van der Waals surface area contributed by atoms with Gasteiger partial charge in [-0.3, -0.25) is 24.4 Å². The minimum absolute atomic E-state index is 0.0499. The number of nitrogens with zero attached hydrogens (tertiary/aromatic N) is 1. The third-order valence-corrected chi connectivity index (χ3v) is 6.04. The second-order valence-electron chi connectivity index (χ2n) is 7.41. The summed E-state index contributed by atoms with van der Waals surface area (Å²) in [5.41, 5.74) is -1.53. The number of aliphatic imine (C=N–C) groups is 1. The highest BCUT2D eigenvalue weighted by Gasteiger charge is 2.33. The van der Waals surface area contributed by atoms with Crippen molar-refractivity contribution in [1.29, 1.82) is 0 Å². The van der Waals surface area contributed by atoms with Gasteiger partial charge in [0.1, 0.15) is 28.5 Å². The number of hydrogen-bond donors (Lipinski definition) is 5. The summed E-state index contributed by atoms with van der Waals surface area (Å²) in [4.78, 5) is 57.1. The molecule has 1 saturated heterocycles. The van der Waals surface area contributed by atoms with Crippen LogP contribution >= 0.6 is 11.8 Å². The van der Waals surface area contributed by atoms with Gasteiger partial charge in [-0.2, -0.15) is 0 Å². The Kier molecular flexibility index (Phi) is 6.78. The lowest BCUT2D eigenvalue weighted by molar-refractivity contribution is -0.122. The van der Waals surface area contributed by atoms with E-state index in [-0.39, 0.29) is 17.2 Å². The van der Waals surface area contributed by atoms with E-state index in [4.69, 9.17) is 0 Å². The first-order chi connectivity index (χ1) is 16.7. The average Bonchev–Trinajstić information content (AvgIpc) is 3.13. The zero-order chi connectivity index (χ0) is 25.1. The summed E-state index contributed by atoms with van der Waals surface area (Å²) in [5, 5.41) is 14.5. The van der Waals surface area contributed by atoms with Gasteiger partial charge in [-0.25, -0.2) is 18.6 Å². The quantitative estimate of drug-likeness (QED) is 0.346. The molecule has 13 heteroatoms. The number of rotatable bonds is 6. The van der Waals surface area contributed by atoms with Gasteiger partial charge in [0.25, 0.3) is 5.56 Å². The maximum absolute atomic E-state index is 13.5. The Balaban J connectivity index is 1.58. The summed E-state index contributed by atoms with van der Waals surface area (Å²) in [5.74, 6) is -2.74. The third kappa shape index (κ3) is 5.63. The van der Waals surface area contributed by atoms with E-state index in [0.29, 0.717) is 11.3 Å². The lowest BCUT2D eigenvalue weighted by Crippen LogP contribution is -2.29. The van der Waals surface area contributed by atoms with Crippen molar-refractivity contribution >= 4 is 34.4 Å². The van der Waals surface area contributed by atoms with Gasteiger partial charge in [0.2, 0.25) is 17.7 Å². The molecule has 1 aliphatic rings. The summed E-state index contributed by atoms with van der Waals surface area (Å²) < 4.78 is 26.5. The number of amides is 2. The molecule has 4 rings (SSSR count). The van der Waals surface area contributed by atoms with Gasteiger partial charge in [0.15, 0.2) is 5.17 Å². The molecule has 1 aliphatic heterocycles. The van der Waals surface area contributed by atoms with E-state index in [1.165, 1.54) is 36.4 Å². The highest BCUT2D eigenvalue weighted by molar-refractivity contribution is 8.15. The lowest BCUT2D eigenvalue weighted by Gasteiger charge is -2.14. The van der Waals surface area contributed by atoms with E-state index in [0.717, 1.165) is 23.9 Å². The van der Waals surface area contributed by atoms with Gasteiger partial charge in [-0.15, -0.1) is 0 Å². The number of carbonyl (C=O) groups is 2. The summed E-state index contributed by atoms with van der Waals surface area (Å²) in [6, 6.07) is 8.83. The Morgan fingerprint density at radius 2 is 1.66 bits per heavy atom. The molecule has 180 valence electrons. The summed E-state index contributed by atoms with van der Waals surface area (Å²) in [6.07, 6.45) is -0.224. The van der Waals surface area contributed by atoms with Crippen LogP contribution in [-0.4, -0.2) is 37.3 Å². The number of amidine groups is 1. The molecule has 0 saturated carbocycles. The monoisotopic (exact) mass is 501 g/mol. The molecule has 10 nitrogen and oxygen atoms in total. The minimum Gasteiger partial charge on any atom is -0.494 e. The zero-order valence-corrected chi connectivity index (χ0v) is 18.5. The highest BCUT2D eigenvalue weighted by atomic mass is 32.2. The van der Waals surface area contributed by atoms with E-state index < -0.39 is 51.9 Å². The van der Waals surface area contributed by atoms with Crippen LogP contribution in [-0.2, 0) is 9.59 Å². The third-order valence-electron chi connectivity index (χ3n) is 4.94. The summed E-state index contributed by atoms with van der Waals surface area (Å²) in [7, 11) is 0. The topological polar surface area (TPSA) is 157 Å². The van der Waals surface area contributed by atoms with E-state index >= 15 is 0 Å². The standard InChI is InChI=1S/C22H17F2N5O5S/c23-11-3-1-10(2-4-11)17(16-19(32)27-21(34)28-20(16)33)26-22-29-18(31)14(35-22)9-15(30)25-13-7-5-12(24)6-8-13/h1-8,14,17H,9H2,(H,25,30)(H,26,29,31)(H3,27,28,32,33,34)/t14-,17-/m0/s1. The first-order valence-corrected chi connectivity index (χ1v) is 11.0. The molecular weight excluding hydrogens is 484 g/mol. The van der Waals surface area contributed by atoms with Crippen LogP contribution in [0.2, 0.25) is 0 Å². The van der Waals surface area contributed by atoms with Crippen LogP contribution in [0.5, 0.6) is 5.88 Å². The molecule has 2 amide bonds. The number of benzene rings is 2. The molecule has 35 heavy (non-hydrogen) atoms. The molecule has 1 fully saturated rings. The SMILES string of the molecule is O=C(C[C@@H]1SC(=N[C@@H](c2ccc(F)cc2)c2c(O)[nH]c(=O)[nH]c2=O)NC1=O)Nc1ccc(F)cc1. The van der Waals surface area contributed by atoms with Crippen LogP contribution < -0.4 is 21.9 Å². The number of aromatic amines is 2. The molecule has 0 bridgehead atoms. The predicted octanol–water partition coefficient (Wildman–Crippen LogP) is 1.75. The van der Waals surface area contributed by atoms with Gasteiger partial charge >= 0.3 is 5.69 Å². The van der Waals surface area contributed by atoms with Crippen molar-refractivity contribution in [2.45, 2.75) is 17.7 Å². The van der Waals surface area contributed by atoms with Crippen LogP contribution in [0.25, 0.3) is 0 Å². The summed E-state index contributed by atoms with van der Waals surface area (Å²) >= 11 is 0.924. The number of H-pyrrole nitrogens is 2. The largest absolute Gasteiger partial charge is 0.494 e. The Morgan fingerprint density at radius 3 is 2.29 bits per heavy atom. The van der Waals surface area contributed by atoms with Gasteiger partial charge in [0, 0.05) is 12.1 Å². The number of thioether (sulfide) groups is 1. The van der Waals surface area contributed by atoms with Crippen LogP contribution in [0.3, 0.4) is 0 Å². The molecule has 0 radical (unpaired) electrons. The number of nitrogens with one attached hydrogen (secondary N) is 4. The average molecular weight is 501 g/mol. The number of hydrogen-bond acceptors (Lipinski definition) is 7. The van der Waals surface area contributed by atoms with Gasteiger partial charge in [0.05, 0.1) is 0 Å². The predicted molar refractivity (Wildman–Crippen MR) is 124 cm³/mol. The fraction of sp³-hybridized carbons (Fsp3) is 0.136. The van der Waals surface area contributed by atoms with Gasteiger partial charge in [-0.05, 0) is 42.0 Å². The van der Waals surface area contributed by atoms with Crippen molar-refractivity contribution in [2.75, 3.05) is 5.32 Å². The molecule has 2 atom stereocenters. The van der Waals surface area contributed by atoms with Crippen LogP contribution in [0.15, 0.2) is 63.1 Å². The van der Waals surface area contributed by atoms with E-state index in [9.17, 15) is 33.1 Å². The molecule has 0 spiro atoms. The number of anilines is 1. The molecular formula is C22H17F2N5O5S. The van der Waals surface area contributed by atoms with Crippen molar-refractivity contribution in [3.05, 3.63) is 92.1 Å². The molecule has 3 aromatic rings. The second kappa shape index (κ2) is 9.93. The Labute approximate surface area is 199 Å². The van der Waals surface area contributed by atoms with Crippen molar-refractivity contribution in [2.24, 2.45) is 4.99 Å².